The van der Waals surface area contributed by atoms with Crippen LogP contribution in [0.1, 0.15) is 11.1 Å². The fourth-order valence-electron chi connectivity index (χ4n) is 4.39. The van der Waals surface area contributed by atoms with Crippen molar-refractivity contribution < 1.29 is 4.39 Å². The van der Waals surface area contributed by atoms with Crippen LogP contribution in [0.15, 0.2) is 58.1 Å². The van der Waals surface area contributed by atoms with Crippen LogP contribution in [0.4, 0.5) is 10.3 Å². The summed E-state index contributed by atoms with van der Waals surface area (Å²) in [4.78, 5) is 36.5. The Morgan fingerprint density at radius 2 is 1.74 bits per heavy atom. The fraction of sp³-hybridized carbons (Fsp3) is 0.292. The van der Waals surface area contributed by atoms with Crippen LogP contribution in [0.5, 0.6) is 0 Å². The number of benzene rings is 2. The first-order valence-electron chi connectivity index (χ1n) is 11.0. The largest absolute Gasteiger partial charge is 0.340 e. The molecule has 34 heavy (non-hydrogen) atoms. The van der Waals surface area contributed by atoms with E-state index < -0.39 is 11.2 Å². The molecule has 0 atom stereocenters. The van der Waals surface area contributed by atoms with Gasteiger partial charge in [0.25, 0.3) is 5.56 Å². The number of piperazine rings is 1. The van der Waals surface area contributed by atoms with Crippen LogP contribution in [-0.4, -0.2) is 50.2 Å². The van der Waals surface area contributed by atoms with Gasteiger partial charge in [-0.15, -0.1) is 0 Å². The summed E-state index contributed by atoms with van der Waals surface area (Å²) in [6, 6.07) is 14.0. The number of aromatic amines is 1. The van der Waals surface area contributed by atoms with Crippen LogP contribution < -0.4 is 16.1 Å². The molecule has 0 amide bonds. The highest BCUT2D eigenvalue weighted by Gasteiger charge is 2.25. The first-order valence-corrected chi connectivity index (χ1v) is 11.4. The van der Waals surface area contributed by atoms with Crippen molar-refractivity contribution >= 4 is 28.7 Å². The third-order valence-corrected chi connectivity index (χ3v) is 6.43. The number of fused-ring (bicyclic) bond motifs is 1. The zero-order valence-electron chi connectivity index (χ0n) is 18.7. The van der Waals surface area contributed by atoms with E-state index in [0.29, 0.717) is 41.8 Å². The second kappa shape index (κ2) is 9.08. The molecule has 10 heteroatoms. The van der Waals surface area contributed by atoms with Gasteiger partial charge in [-0.25, -0.2) is 9.18 Å². The minimum Gasteiger partial charge on any atom is -0.340 e. The van der Waals surface area contributed by atoms with Gasteiger partial charge in [0, 0.05) is 44.8 Å². The van der Waals surface area contributed by atoms with Crippen LogP contribution in [0, 0.1) is 5.82 Å². The molecule has 0 bridgehead atoms. The standard InChI is InChI=1S/C24H24ClFN6O2/c1-29-21-20(22(33)28-24(29)34)32(15-17-3-2-4-18(25)13-17)23(27-21)31-11-9-30(10-12-31)14-16-5-7-19(26)8-6-16/h2-8,13H,9-12,14-15H2,1H3,(H,28,33,34). The third kappa shape index (κ3) is 4.36. The van der Waals surface area contributed by atoms with Crippen molar-refractivity contribution in [2.24, 2.45) is 7.05 Å². The van der Waals surface area contributed by atoms with E-state index in [1.807, 2.05) is 22.8 Å². The zero-order valence-corrected chi connectivity index (χ0v) is 19.4. The first kappa shape index (κ1) is 22.4. The van der Waals surface area contributed by atoms with E-state index in [4.69, 9.17) is 16.6 Å². The number of H-pyrrole nitrogens is 1. The van der Waals surface area contributed by atoms with Crippen molar-refractivity contribution in [3.63, 3.8) is 0 Å². The van der Waals surface area contributed by atoms with E-state index in [9.17, 15) is 14.0 Å². The quantitative estimate of drug-likeness (QED) is 0.473. The zero-order chi connectivity index (χ0) is 23.8. The van der Waals surface area contributed by atoms with E-state index in [2.05, 4.69) is 14.8 Å². The number of nitrogens with one attached hydrogen (secondary N) is 1. The number of nitrogens with zero attached hydrogens (tertiary/aromatic N) is 5. The summed E-state index contributed by atoms with van der Waals surface area (Å²) < 4.78 is 16.4. The third-order valence-electron chi connectivity index (χ3n) is 6.19. The van der Waals surface area contributed by atoms with E-state index in [1.54, 1.807) is 25.2 Å². The summed E-state index contributed by atoms with van der Waals surface area (Å²) in [7, 11) is 1.60. The Morgan fingerprint density at radius 3 is 2.44 bits per heavy atom. The molecule has 3 heterocycles. The van der Waals surface area contributed by atoms with Gasteiger partial charge >= 0.3 is 5.69 Å². The number of aryl methyl sites for hydroxylation is 1. The van der Waals surface area contributed by atoms with Crippen molar-refractivity contribution in [2.45, 2.75) is 13.1 Å². The molecule has 0 radical (unpaired) electrons. The van der Waals surface area contributed by atoms with Gasteiger partial charge in [-0.3, -0.25) is 23.8 Å². The maximum atomic E-state index is 13.2. The van der Waals surface area contributed by atoms with Gasteiger partial charge in [0.05, 0.1) is 6.54 Å². The summed E-state index contributed by atoms with van der Waals surface area (Å²) in [6.45, 7) is 4.10. The van der Waals surface area contributed by atoms with Crippen molar-refractivity contribution in [2.75, 3.05) is 31.1 Å². The highest BCUT2D eigenvalue weighted by atomic mass is 35.5. The summed E-state index contributed by atoms with van der Waals surface area (Å²) in [5.74, 6) is 0.402. The Morgan fingerprint density at radius 1 is 1.00 bits per heavy atom. The summed E-state index contributed by atoms with van der Waals surface area (Å²) in [5, 5.41) is 0.610. The summed E-state index contributed by atoms with van der Waals surface area (Å²) in [6.07, 6.45) is 0. The van der Waals surface area contributed by atoms with Crippen LogP contribution in [-0.2, 0) is 20.1 Å². The average Bonchev–Trinajstić information content (AvgIpc) is 3.19. The van der Waals surface area contributed by atoms with E-state index in [-0.39, 0.29) is 5.82 Å². The van der Waals surface area contributed by atoms with Gasteiger partial charge in [0.15, 0.2) is 11.2 Å². The van der Waals surface area contributed by atoms with E-state index >= 15 is 0 Å². The highest BCUT2D eigenvalue weighted by Crippen LogP contribution is 2.24. The van der Waals surface area contributed by atoms with Crippen LogP contribution in [0.25, 0.3) is 11.2 Å². The SMILES string of the molecule is Cn1c(=O)[nH]c(=O)c2c1nc(N1CCN(Cc3ccc(F)cc3)CC1)n2Cc1cccc(Cl)c1. The lowest BCUT2D eigenvalue weighted by Crippen LogP contribution is -2.46. The molecule has 1 aliphatic rings. The molecule has 2 aromatic heterocycles. The van der Waals surface area contributed by atoms with Gasteiger partial charge in [-0.2, -0.15) is 4.98 Å². The van der Waals surface area contributed by atoms with Gasteiger partial charge in [-0.05, 0) is 35.4 Å². The molecule has 176 valence electrons. The Balaban J connectivity index is 1.46. The lowest BCUT2D eigenvalue weighted by Gasteiger charge is -2.35. The van der Waals surface area contributed by atoms with Gasteiger partial charge in [0.2, 0.25) is 5.95 Å². The molecule has 0 unspecified atom stereocenters. The first-order chi connectivity index (χ1) is 16.4. The molecule has 1 aliphatic heterocycles. The van der Waals surface area contributed by atoms with Gasteiger partial charge < -0.3 is 4.90 Å². The van der Waals surface area contributed by atoms with Crippen LogP contribution >= 0.6 is 11.6 Å². The molecule has 8 nitrogen and oxygen atoms in total. The molecule has 5 rings (SSSR count). The number of rotatable bonds is 5. The molecule has 0 spiro atoms. The second-order valence-corrected chi connectivity index (χ2v) is 8.94. The molecule has 0 aliphatic carbocycles. The van der Waals surface area contributed by atoms with E-state index in [0.717, 1.165) is 30.8 Å². The average molecular weight is 483 g/mol. The second-order valence-electron chi connectivity index (χ2n) is 8.51. The molecule has 0 saturated carbocycles. The smallest absolute Gasteiger partial charge is 0.329 e. The van der Waals surface area contributed by atoms with Gasteiger partial charge in [-0.1, -0.05) is 35.9 Å². The number of anilines is 1. The molecule has 1 N–H and O–H groups in total. The van der Waals surface area contributed by atoms with Crippen molar-refractivity contribution in [3.05, 3.63) is 91.3 Å². The molecule has 1 fully saturated rings. The summed E-state index contributed by atoms with van der Waals surface area (Å²) >= 11 is 6.19. The lowest BCUT2D eigenvalue weighted by molar-refractivity contribution is 0.248. The maximum Gasteiger partial charge on any atom is 0.329 e. The minimum atomic E-state index is -0.499. The van der Waals surface area contributed by atoms with Gasteiger partial charge in [0.1, 0.15) is 5.82 Å². The minimum absolute atomic E-state index is 0.239. The van der Waals surface area contributed by atoms with Crippen molar-refractivity contribution in [1.29, 1.82) is 0 Å². The monoisotopic (exact) mass is 482 g/mol. The molecule has 4 aromatic rings. The maximum absolute atomic E-state index is 13.2. The lowest BCUT2D eigenvalue weighted by atomic mass is 10.2. The Hall–Kier alpha value is -3.43. The number of halogens is 2. The Bertz CT molecular complexity index is 1450. The normalized spacial score (nSPS) is 14.7. The van der Waals surface area contributed by atoms with Crippen molar-refractivity contribution in [3.8, 4) is 0 Å². The van der Waals surface area contributed by atoms with Crippen LogP contribution in [0.3, 0.4) is 0 Å². The molecular weight excluding hydrogens is 459 g/mol. The van der Waals surface area contributed by atoms with E-state index in [1.165, 1.54) is 16.7 Å². The summed E-state index contributed by atoms with van der Waals surface area (Å²) in [5.41, 5.74) is 1.72. The molecule has 2 aromatic carbocycles. The topological polar surface area (TPSA) is 79.2 Å². The fourth-order valence-corrected chi connectivity index (χ4v) is 4.60. The Labute approximate surface area is 199 Å². The number of imidazole rings is 1. The van der Waals surface area contributed by atoms with Crippen molar-refractivity contribution in [1.82, 2.24) is 24.0 Å². The predicted octanol–water partition coefficient (Wildman–Crippen LogP) is 2.59. The predicted molar refractivity (Wildman–Crippen MR) is 130 cm³/mol. The number of aromatic nitrogens is 4. The molecular formula is C24H24ClFN6O2. The number of hydrogen-bond donors (Lipinski definition) is 1. The highest BCUT2D eigenvalue weighted by molar-refractivity contribution is 6.30. The Kier molecular flexibility index (Phi) is 5.97. The molecule has 1 saturated heterocycles. The number of hydrogen-bond acceptors (Lipinski definition) is 5. The van der Waals surface area contributed by atoms with Crippen LogP contribution in [0.2, 0.25) is 5.02 Å².